The maximum atomic E-state index is 12.1. The maximum Gasteiger partial charge on any atom is 0.289 e. The van der Waals surface area contributed by atoms with E-state index in [1.807, 2.05) is 18.2 Å². The molecule has 2 aromatic carbocycles. The first-order chi connectivity index (χ1) is 11.6. The van der Waals surface area contributed by atoms with E-state index in [1.54, 1.807) is 30.3 Å². The molecule has 0 aliphatic carbocycles. The standard InChI is InChI=1S/C17H13ClN4O2/c18-13-7-3-2-6-12(13)14-9-15(21-20-14)17(24)22-19-10-11-5-1-4-8-16(11)23/h1-10,23H,(H,20,21)(H,22,24)/b19-10+. The number of aromatic amines is 1. The van der Waals surface area contributed by atoms with Crippen molar-refractivity contribution in [1.29, 1.82) is 0 Å². The molecule has 0 saturated heterocycles. The van der Waals surface area contributed by atoms with Crippen LogP contribution in [-0.2, 0) is 0 Å². The van der Waals surface area contributed by atoms with Crippen LogP contribution in [0.4, 0.5) is 0 Å². The number of phenols is 1. The third-order valence-corrected chi connectivity index (χ3v) is 3.61. The summed E-state index contributed by atoms with van der Waals surface area (Å²) in [5.74, 6) is -0.370. The number of rotatable bonds is 4. The second-order valence-electron chi connectivity index (χ2n) is 4.90. The molecule has 0 saturated carbocycles. The van der Waals surface area contributed by atoms with Crippen LogP contribution in [0.5, 0.6) is 5.75 Å². The van der Waals surface area contributed by atoms with Gasteiger partial charge >= 0.3 is 0 Å². The largest absolute Gasteiger partial charge is 0.507 e. The number of halogens is 1. The lowest BCUT2D eigenvalue weighted by molar-refractivity contribution is 0.0950. The summed E-state index contributed by atoms with van der Waals surface area (Å²) < 4.78 is 0. The first kappa shape index (κ1) is 15.8. The number of carbonyl (C=O) groups excluding carboxylic acids is 1. The van der Waals surface area contributed by atoms with Gasteiger partial charge in [-0.3, -0.25) is 9.89 Å². The molecule has 0 aliphatic rings. The van der Waals surface area contributed by atoms with Gasteiger partial charge in [-0.2, -0.15) is 10.2 Å². The number of hydrogen-bond donors (Lipinski definition) is 3. The fraction of sp³-hybridized carbons (Fsp3) is 0. The van der Waals surface area contributed by atoms with Crippen molar-refractivity contribution in [1.82, 2.24) is 15.6 Å². The number of aromatic nitrogens is 2. The van der Waals surface area contributed by atoms with Gasteiger partial charge in [0.05, 0.1) is 16.9 Å². The Bertz CT molecular complexity index is 905. The molecule has 3 N–H and O–H groups in total. The third kappa shape index (κ3) is 3.44. The Labute approximate surface area is 142 Å². The Kier molecular flexibility index (Phi) is 4.58. The fourth-order valence-electron chi connectivity index (χ4n) is 2.06. The number of hydrogen-bond acceptors (Lipinski definition) is 4. The highest BCUT2D eigenvalue weighted by molar-refractivity contribution is 6.33. The van der Waals surface area contributed by atoms with Crippen LogP contribution in [-0.4, -0.2) is 27.4 Å². The van der Waals surface area contributed by atoms with Gasteiger partial charge in [-0.25, -0.2) is 5.43 Å². The van der Waals surface area contributed by atoms with Gasteiger partial charge < -0.3 is 5.11 Å². The summed E-state index contributed by atoms with van der Waals surface area (Å²) in [5.41, 5.74) is 4.41. The average Bonchev–Trinajstić information content (AvgIpc) is 3.07. The smallest absolute Gasteiger partial charge is 0.289 e. The predicted octanol–water partition coefficient (Wildman–Crippen LogP) is 3.20. The minimum Gasteiger partial charge on any atom is -0.507 e. The molecule has 3 rings (SSSR count). The number of para-hydroxylation sites is 1. The topological polar surface area (TPSA) is 90.4 Å². The van der Waals surface area contributed by atoms with Crippen molar-refractivity contribution >= 4 is 23.7 Å². The van der Waals surface area contributed by atoms with Gasteiger partial charge in [0.1, 0.15) is 11.4 Å². The summed E-state index contributed by atoms with van der Waals surface area (Å²) in [6.07, 6.45) is 1.36. The Morgan fingerprint density at radius 2 is 1.96 bits per heavy atom. The summed E-state index contributed by atoms with van der Waals surface area (Å²) in [4.78, 5) is 12.1. The molecule has 120 valence electrons. The summed E-state index contributed by atoms with van der Waals surface area (Å²) in [6, 6.07) is 15.5. The number of aromatic hydroxyl groups is 1. The number of nitrogens with zero attached hydrogens (tertiary/aromatic N) is 2. The molecule has 6 nitrogen and oxygen atoms in total. The van der Waals surface area contributed by atoms with Gasteiger partial charge in [-0.1, -0.05) is 41.9 Å². The van der Waals surface area contributed by atoms with E-state index in [9.17, 15) is 9.90 Å². The number of H-pyrrole nitrogens is 1. The number of carbonyl (C=O) groups is 1. The van der Waals surface area contributed by atoms with E-state index in [2.05, 4.69) is 20.7 Å². The van der Waals surface area contributed by atoms with E-state index in [4.69, 9.17) is 11.6 Å². The van der Waals surface area contributed by atoms with Crippen molar-refractivity contribution in [3.63, 3.8) is 0 Å². The first-order valence-electron chi connectivity index (χ1n) is 7.07. The molecule has 24 heavy (non-hydrogen) atoms. The van der Waals surface area contributed by atoms with E-state index in [-0.39, 0.29) is 11.4 Å². The van der Waals surface area contributed by atoms with Crippen LogP contribution < -0.4 is 5.43 Å². The molecule has 3 aromatic rings. The van der Waals surface area contributed by atoms with Crippen molar-refractivity contribution in [3.8, 4) is 17.0 Å². The second kappa shape index (κ2) is 6.97. The predicted molar refractivity (Wildman–Crippen MR) is 92.2 cm³/mol. The quantitative estimate of drug-likeness (QED) is 0.503. The Balaban J connectivity index is 1.71. The zero-order valence-electron chi connectivity index (χ0n) is 12.4. The van der Waals surface area contributed by atoms with Crippen molar-refractivity contribution in [2.75, 3.05) is 0 Å². The minimum atomic E-state index is -0.451. The second-order valence-corrected chi connectivity index (χ2v) is 5.31. The van der Waals surface area contributed by atoms with Crippen LogP contribution in [0.2, 0.25) is 5.02 Å². The Morgan fingerprint density at radius 1 is 1.21 bits per heavy atom. The van der Waals surface area contributed by atoms with Crippen LogP contribution in [0.15, 0.2) is 59.7 Å². The molecular formula is C17H13ClN4O2. The molecule has 0 fully saturated rings. The van der Waals surface area contributed by atoms with Gasteiger partial charge in [0.2, 0.25) is 0 Å². The van der Waals surface area contributed by atoms with Crippen LogP contribution in [0, 0.1) is 0 Å². The number of hydrazone groups is 1. The normalized spacial score (nSPS) is 10.9. The van der Waals surface area contributed by atoms with Gasteiger partial charge in [0.25, 0.3) is 5.91 Å². The minimum absolute atomic E-state index is 0.0815. The maximum absolute atomic E-state index is 12.1. The highest BCUT2D eigenvalue weighted by atomic mass is 35.5. The molecule has 1 amide bonds. The van der Waals surface area contributed by atoms with Crippen LogP contribution in [0.3, 0.4) is 0 Å². The molecule has 0 aliphatic heterocycles. The lowest BCUT2D eigenvalue weighted by atomic mass is 10.1. The van der Waals surface area contributed by atoms with E-state index in [0.717, 1.165) is 5.56 Å². The van der Waals surface area contributed by atoms with E-state index < -0.39 is 5.91 Å². The molecule has 1 aromatic heterocycles. The molecular weight excluding hydrogens is 328 g/mol. The first-order valence-corrected chi connectivity index (χ1v) is 7.44. The van der Waals surface area contributed by atoms with Gasteiger partial charge in [-0.15, -0.1) is 0 Å². The monoisotopic (exact) mass is 340 g/mol. The molecule has 0 radical (unpaired) electrons. The molecule has 0 spiro atoms. The zero-order chi connectivity index (χ0) is 16.9. The van der Waals surface area contributed by atoms with Gasteiger partial charge in [0, 0.05) is 11.1 Å². The zero-order valence-corrected chi connectivity index (χ0v) is 13.2. The third-order valence-electron chi connectivity index (χ3n) is 3.28. The summed E-state index contributed by atoms with van der Waals surface area (Å²) in [7, 11) is 0. The molecule has 0 bridgehead atoms. The SMILES string of the molecule is O=C(N/N=C/c1ccccc1O)c1cc(-c2ccccc2Cl)n[nH]1. The molecule has 1 heterocycles. The number of amides is 1. The number of benzene rings is 2. The lowest BCUT2D eigenvalue weighted by Gasteiger charge is -1.98. The van der Waals surface area contributed by atoms with Crippen molar-refractivity contribution in [3.05, 3.63) is 70.9 Å². The van der Waals surface area contributed by atoms with E-state index >= 15 is 0 Å². The van der Waals surface area contributed by atoms with Crippen molar-refractivity contribution < 1.29 is 9.90 Å². The van der Waals surface area contributed by atoms with E-state index in [0.29, 0.717) is 16.3 Å². The molecule has 0 atom stereocenters. The van der Waals surface area contributed by atoms with Crippen LogP contribution >= 0.6 is 11.6 Å². The Hall–Kier alpha value is -3.12. The average molecular weight is 341 g/mol. The summed E-state index contributed by atoms with van der Waals surface area (Å²) in [6.45, 7) is 0. The number of nitrogens with one attached hydrogen (secondary N) is 2. The van der Waals surface area contributed by atoms with Crippen molar-refractivity contribution in [2.45, 2.75) is 0 Å². The molecule has 0 unspecified atom stereocenters. The molecule has 7 heteroatoms. The highest BCUT2D eigenvalue weighted by Gasteiger charge is 2.12. The van der Waals surface area contributed by atoms with Gasteiger partial charge in [0.15, 0.2) is 0 Å². The number of phenolic OH excluding ortho intramolecular Hbond substituents is 1. The Morgan fingerprint density at radius 3 is 2.75 bits per heavy atom. The highest BCUT2D eigenvalue weighted by Crippen LogP contribution is 2.26. The van der Waals surface area contributed by atoms with Crippen LogP contribution in [0.1, 0.15) is 16.1 Å². The van der Waals surface area contributed by atoms with E-state index in [1.165, 1.54) is 12.3 Å². The summed E-state index contributed by atoms with van der Waals surface area (Å²) in [5, 5.41) is 20.7. The fourth-order valence-corrected chi connectivity index (χ4v) is 2.29. The summed E-state index contributed by atoms with van der Waals surface area (Å²) >= 11 is 6.11. The van der Waals surface area contributed by atoms with Crippen molar-refractivity contribution in [2.24, 2.45) is 5.10 Å². The van der Waals surface area contributed by atoms with Gasteiger partial charge in [-0.05, 0) is 24.3 Å². The lowest BCUT2D eigenvalue weighted by Crippen LogP contribution is -2.18. The van der Waals surface area contributed by atoms with Crippen LogP contribution in [0.25, 0.3) is 11.3 Å².